The molecule has 4 rings (SSSR count). The summed E-state index contributed by atoms with van der Waals surface area (Å²) in [5.41, 5.74) is 2.72. The highest BCUT2D eigenvalue weighted by Crippen LogP contribution is 2.32. The summed E-state index contributed by atoms with van der Waals surface area (Å²) in [4.78, 5) is 4.94. The topological polar surface area (TPSA) is 76.4 Å². The van der Waals surface area contributed by atoms with Gasteiger partial charge in [0.1, 0.15) is 0 Å². The SMILES string of the molecule is CNc1nn2c(C)cc(-c3ccccc3)nc2c1S(=O)(=O)c1ccccc1. The number of rotatable bonds is 4. The average molecular weight is 378 g/mol. The first-order valence-electron chi connectivity index (χ1n) is 8.46. The molecule has 0 bridgehead atoms. The van der Waals surface area contributed by atoms with E-state index in [0.717, 1.165) is 11.3 Å². The van der Waals surface area contributed by atoms with Crippen molar-refractivity contribution >= 4 is 21.3 Å². The molecule has 2 aromatic carbocycles. The van der Waals surface area contributed by atoms with Gasteiger partial charge in [0.05, 0.1) is 10.6 Å². The average Bonchev–Trinajstić information content (AvgIpc) is 3.09. The number of nitrogens with one attached hydrogen (secondary N) is 1. The molecule has 27 heavy (non-hydrogen) atoms. The van der Waals surface area contributed by atoms with Crippen LogP contribution in [0.15, 0.2) is 76.5 Å². The molecule has 0 fully saturated rings. The fraction of sp³-hybridized carbons (Fsp3) is 0.100. The fourth-order valence-electron chi connectivity index (χ4n) is 3.03. The van der Waals surface area contributed by atoms with E-state index < -0.39 is 9.84 Å². The van der Waals surface area contributed by atoms with Crippen LogP contribution in [0.3, 0.4) is 0 Å². The molecule has 2 heterocycles. The Bertz CT molecular complexity index is 1220. The summed E-state index contributed by atoms with van der Waals surface area (Å²) in [6, 6.07) is 19.9. The van der Waals surface area contributed by atoms with Gasteiger partial charge < -0.3 is 5.32 Å². The summed E-state index contributed by atoms with van der Waals surface area (Å²) in [7, 11) is -2.14. The van der Waals surface area contributed by atoms with Crippen LogP contribution in [0.5, 0.6) is 0 Å². The number of aryl methyl sites for hydroxylation is 1. The molecule has 0 radical (unpaired) electrons. The van der Waals surface area contributed by atoms with E-state index in [0.29, 0.717) is 11.3 Å². The Morgan fingerprint density at radius 1 is 0.963 bits per heavy atom. The number of sulfone groups is 1. The molecule has 6 nitrogen and oxygen atoms in total. The van der Waals surface area contributed by atoms with Crippen molar-refractivity contribution in [2.75, 3.05) is 12.4 Å². The lowest BCUT2D eigenvalue weighted by Crippen LogP contribution is -2.05. The van der Waals surface area contributed by atoms with E-state index in [9.17, 15) is 8.42 Å². The summed E-state index contributed by atoms with van der Waals surface area (Å²) in [6.07, 6.45) is 0. The van der Waals surface area contributed by atoms with Gasteiger partial charge in [-0.3, -0.25) is 0 Å². The van der Waals surface area contributed by atoms with Crippen molar-refractivity contribution in [1.29, 1.82) is 0 Å². The van der Waals surface area contributed by atoms with E-state index in [4.69, 9.17) is 0 Å². The molecule has 0 saturated heterocycles. The number of hydrogen-bond acceptors (Lipinski definition) is 5. The van der Waals surface area contributed by atoms with Gasteiger partial charge in [0.15, 0.2) is 16.4 Å². The molecule has 7 heteroatoms. The van der Waals surface area contributed by atoms with Crippen LogP contribution >= 0.6 is 0 Å². The summed E-state index contributed by atoms with van der Waals surface area (Å²) in [5.74, 6) is 0.277. The fourth-order valence-corrected chi connectivity index (χ4v) is 4.55. The molecule has 0 aliphatic rings. The van der Waals surface area contributed by atoms with Crippen LogP contribution in [0.25, 0.3) is 16.9 Å². The van der Waals surface area contributed by atoms with Crippen LogP contribution in [-0.2, 0) is 9.84 Å². The van der Waals surface area contributed by atoms with Gasteiger partial charge in [-0.05, 0) is 25.1 Å². The highest BCUT2D eigenvalue weighted by Gasteiger charge is 2.29. The van der Waals surface area contributed by atoms with Gasteiger partial charge >= 0.3 is 0 Å². The lowest BCUT2D eigenvalue weighted by atomic mass is 10.1. The molecule has 0 amide bonds. The maximum absolute atomic E-state index is 13.3. The van der Waals surface area contributed by atoms with Gasteiger partial charge in [-0.2, -0.15) is 0 Å². The smallest absolute Gasteiger partial charge is 0.214 e. The molecular weight excluding hydrogens is 360 g/mol. The third-order valence-corrected chi connectivity index (χ3v) is 6.16. The van der Waals surface area contributed by atoms with Gasteiger partial charge in [-0.1, -0.05) is 48.5 Å². The van der Waals surface area contributed by atoms with Crippen LogP contribution in [0, 0.1) is 6.92 Å². The Morgan fingerprint density at radius 3 is 2.22 bits per heavy atom. The molecule has 136 valence electrons. The second-order valence-electron chi connectivity index (χ2n) is 6.13. The van der Waals surface area contributed by atoms with Gasteiger partial charge in [0.25, 0.3) is 0 Å². The van der Waals surface area contributed by atoms with E-state index >= 15 is 0 Å². The normalized spacial score (nSPS) is 11.6. The van der Waals surface area contributed by atoms with E-state index in [1.54, 1.807) is 41.9 Å². The maximum Gasteiger partial charge on any atom is 0.214 e. The van der Waals surface area contributed by atoms with Gasteiger partial charge in [-0.15, -0.1) is 5.10 Å². The largest absolute Gasteiger partial charge is 0.370 e. The first-order chi connectivity index (χ1) is 13.0. The van der Waals surface area contributed by atoms with E-state index in [1.807, 2.05) is 43.3 Å². The highest BCUT2D eigenvalue weighted by molar-refractivity contribution is 7.91. The minimum absolute atomic E-state index is 0.0806. The van der Waals surface area contributed by atoms with Crippen molar-refractivity contribution in [2.24, 2.45) is 0 Å². The summed E-state index contributed by atoms with van der Waals surface area (Å²) in [5, 5.41) is 7.32. The molecule has 0 saturated carbocycles. The number of benzene rings is 2. The predicted molar refractivity (Wildman–Crippen MR) is 105 cm³/mol. The number of anilines is 1. The van der Waals surface area contributed by atoms with Crippen molar-refractivity contribution in [3.05, 3.63) is 72.4 Å². The molecule has 0 atom stereocenters. The molecule has 0 aliphatic carbocycles. The minimum atomic E-state index is -3.79. The Kier molecular flexibility index (Phi) is 4.16. The van der Waals surface area contributed by atoms with Crippen LogP contribution in [0.4, 0.5) is 5.82 Å². The number of nitrogens with zero attached hydrogens (tertiary/aromatic N) is 3. The van der Waals surface area contributed by atoms with Crippen LogP contribution in [0.1, 0.15) is 5.69 Å². The van der Waals surface area contributed by atoms with Crippen molar-refractivity contribution in [3.8, 4) is 11.3 Å². The van der Waals surface area contributed by atoms with Crippen LogP contribution < -0.4 is 5.32 Å². The van der Waals surface area contributed by atoms with Crippen molar-refractivity contribution in [1.82, 2.24) is 14.6 Å². The second kappa shape index (κ2) is 6.51. The third kappa shape index (κ3) is 2.86. The Hall–Kier alpha value is -3.19. The Labute approximate surface area is 157 Å². The summed E-state index contributed by atoms with van der Waals surface area (Å²) in [6.45, 7) is 1.88. The van der Waals surface area contributed by atoms with Crippen molar-refractivity contribution < 1.29 is 8.42 Å². The number of fused-ring (bicyclic) bond motifs is 1. The second-order valence-corrected chi connectivity index (χ2v) is 8.01. The molecule has 0 unspecified atom stereocenters. The highest BCUT2D eigenvalue weighted by atomic mass is 32.2. The van der Waals surface area contributed by atoms with Gasteiger partial charge in [0, 0.05) is 18.3 Å². The van der Waals surface area contributed by atoms with Crippen molar-refractivity contribution in [3.63, 3.8) is 0 Å². The zero-order chi connectivity index (χ0) is 19.0. The standard InChI is InChI=1S/C20H18N4O2S/c1-14-13-17(15-9-5-3-6-10-15)22-20-18(19(21-2)23-24(14)20)27(25,26)16-11-7-4-8-12-16/h3-13H,1-2H3,(H,21,23). The molecular formula is C20H18N4O2S. The van der Waals surface area contributed by atoms with Gasteiger partial charge in [-0.25, -0.2) is 17.9 Å². The monoisotopic (exact) mass is 378 g/mol. The molecule has 2 aromatic heterocycles. The van der Waals surface area contributed by atoms with E-state index in [1.165, 1.54) is 0 Å². The van der Waals surface area contributed by atoms with Crippen molar-refractivity contribution in [2.45, 2.75) is 16.7 Å². The zero-order valence-corrected chi connectivity index (χ0v) is 15.7. The van der Waals surface area contributed by atoms with E-state index in [2.05, 4.69) is 15.4 Å². The molecule has 0 aliphatic heterocycles. The third-order valence-electron chi connectivity index (χ3n) is 4.35. The lowest BCUT2D eigenvalue weighted by molar-refractivity contribution is 0.597. The maximum atomic E-state index is 13.3. The summed E-state index contributed by atoms with van der Waals surface area (Å²) >= 11 is 0. The quantitative estimate of drug-likeness (QED) is 0.587. The first kappa shape index (κ1) is 17.2. The molecule has 0 spiro atoms. The zero-order valence-electron chi connectivity index (χ0n) is 14.9. The first-order valence-corrected chi connectivity index (χ1v) is 9.94. The molecule has 4 aromatic rings. The van der Waals surface area contributed by atoms with Gasteiger partial charge in [0.2, 0.25) is 9.84 Å². The lowest BCUT2D eigenvalue weighted by Gasteiger charge is -2.07. The van der Waals surface area contributed by atoms with Crippen LogP contribution in [-0.4, -0.2) is 30.1 Å². The Morgan fingerprint density at radius 2 is 1.59 bits per heavy atom. The number of hydrogen-bond donors (Lipinski definition) is 1. The van der Waals surface area contributed by atoms with Crippen LogP contribution in [0.2, 0.25) is 0 Å². The Balaban J connectivity index is 2.04. The van der Waals surface area contributed by atoms with E-state index in [-0.39, 0.29) is 15.6 Å². The molecule has 1 N–H and O–H groups in total. The number of aromatic nitrogens is 3. The minimum Gasteiger partial charge on any atom is -0.370 e. The summed E-state index contributed by atoms with van der Waals surface area (Å²) < 4.78 is 28.2. The predicted octanol–water partition coefficient (Wildman–Crippen LogP) is 3.58.